The van der Waals surface area contributed by atoms with Crippen LogP contribution >= 0.6 is 12.6 Å². The molecule has 0 saturated carbocycles. The molecule has 3 aliphatic heterocycles. The molecule has 3 atom stereocenters. The van der Waals surface area contributed by atoms with E-state index in [0.29, 0.717) is 0 Å². The van der Waals surface area contributed by atoms with E-state index in [1.54, 1.807) is 0 Å². The smallest absolute Gasteiger partial charge is 0.280 e. The summed E-state index contributed by atoms with van der Waals surface area (Å²) >= 11 is 4.90. The van der Waals surface area contributed by atoms with Crippen LogP contribution in [0.4, 0.5) is 0 Å². The fourth-order valence-corrected chi connectivity index (χ4v) is 3.60. The number of likely N-dealkylation sites (tertiary alicyclic amines) is 2. The molecule has 3 saturated heterocycles. The van der Waals surface area contributed by atoms with Gasteiger partial charge in [0.2, 0.25) is 11.8 Å². The van der Waals surface area contributed by atoms with Crippen molar-refractivity contribution >= 4 is 48.0 Å². The van der Waals surface area contributed by atoms with Crippen molar-refractivity contribution in [2.75, 3.05) is 13.1 Å². The predicted molar refractivity (Wildman–Crippen MR) is 67.2 cm³/mol. The molecule has 0 spiro atoms. The zero-order valence-electron chi connectivity index (χ0n) is 9.28. The van der Waals surface area contributed by atoms with Gasteiger partial charge in [0.25, 0.3) is 22.3 Å². The number of nitrogens with zero attached hydrogens (tertiary/aromatic N) is 2. The Hall–Kier alpha value is -1.02. The number of carbonyl (C=O) groups is 4. The maximum Gasteiger partial charge on any atom is 0.288 e. The molecule has 0 aromatic heterocycles. The number of thiol groups is 2. The summed E-state index contributed by atoms with van der Waals surface area (Å²) in [6.45, 7) is 0.195. The zero-order chi connectivity index (χ0) is 13.0. The normalized spacial score (nSPS) is 34.6. The lowest BCUT2D eigenvalue weighted by molar-refractivity contribution is -0.143. The first-order valence-corrected chi connectivity index (χ1v) is 7.13. The maximum atomic E-state index is 11.7. The highest BCUT2D eigenvalue weighted by Crippen LogP contribution is 2.34. The maximum absolute atomic E-state index is 11.7. The van der Waals surface area contributed by atoms with E-state index < -0.39 is 5.25 Å². The minimum atomic E-state index is -0.589. The van der Waals surface area contributed by atoms with Crippen molar-refractivity contribution in [3.05, 3.63) is 0 Å². The summed E-state index contributed by atoms with van der Waals surface area (Å²) in [6.07, 6.45) is 0.0910. The van der Waals surface area contributed by atoms with Crippen molar-refractivity contribution in [3.8, 4) is 0 Å². The topological polar surface area (TPSA) is 74.8 Å². The molecule has 6 nitrogen and oxygen atoms in total. The monoisotopic (exact) mass is 287 g/mol. The third kappa shape index (κ3) is 1.66. The van der Waals surface area contributed by atoms with Crippen molar-refractivity contribution < 1.29 is 19.2 Å². The first-order valence-electron chi connectivity index (χ1n) is 5.58. The van der Waals surface area contributed by atoms with E-state index in [-0.39, 0.29) is 53.6 Å². The molecule has 96 valence electrons. The lowest BCUT2D eigenvalue weighted by atomic mass is 10.4. The summed E-state index contributed by atoms with van der Waals surface area (Å²) in [7, 11) is 0. The lowest BCUT2D eigenvalue weighted by Crippen LogP contribution is -2.42. The molecule has 3 rings (SSSR count). The fourth-order valence-electron chi connectivity index (χ4n) is 2.27. The summed E-state index contributed by atoms with van der Waals surface area (Å²) < 4.78 is 0. The largest absolute Gasteiger partial charge is 0.288 e. The van der Waals surface area contributed by atoms with Crippen LogP contribution in [0.3, 0.4) is 0 Å². The first-order chi connectivity index (χ1) is 8.50. The Morgan fingerprint density at radius 3 is 2.06 bits per heavy atom. The third-order valence-corrected chi connectivity index (χ3v) is 5.08. The highest BCUT2D eigenvalue weighted by molar-refractivity contribution is 7.90. The molecule has 0 aromatic rings. The van der Waals surface area contributed by atoms with Crippen LogP contribution in [0.15, 0.2) is 0 Å². The van der Waals surface area contributed by atoms with Crippen molar-refractivity contribution in [1.29, 1.82) is 0 Å². The molecule has 3 aliphatic rings. The van der Waals surface area contributed by atoms with Crippen molar-refractivity contribution in [2.45, 2.75) is 22.2 Å². The SMILES string of the molecule is O=C1C[C@@H](S)C(=O)N1CCN1C(=O)C2[SH+]C2C1=O. The summed E-state index contributed by atoms with van der Waals surface area (Å²) in [5, 5.41) is -0.922. The van der Waals surface area contributed by atoms with Crippen molar-refractivity contribution in [2.24, 2.45) is 0 Å². The molecule has 3 heterocycles. The molecular weight excluding hydrogens is 276 g/mol. The third-order valence-electron chi connectivity index (χ3n) is 3.34. The second kappa shape index (κ2) is 3.99. The predicted octanol–water partition coefficient (Wildman–Crippen LogP) is -2.02. The highest BCUT2D eigenvalue weighted by Gasteiger charge is 2.70. The van der Waals surface area contributed by atoms with Crippen LogP contribution < -0.4 is 0 Å². The van der Waals surface area contributed by atoms with Gasteiger partial charge in [-0.15, -0.1) is 0 Å². The van der Waals surface area contributed by atoms with E-state index in [1.165, 1.54) is 0 Å². The van der Waals surface area contributed by atoms with Gasteiger partial charge in [-0.05, 0) is 0 Å². The van der Waals surface area contributed by atoms with Crippen LogP contribution in [0.2, 0.25) is 0 Å². The summed E-state index contributed by atoms with van der Waals surface area (Å²) in [5.74, 6) is -0.977. The Morgan fingerprint density at radius 1 is 1.00 bits per heavy atom. The number of fused-ring (bicyclic) bond motifs is 1. The zero-order valence-corrected chi connectivity index (χ0v) is 11.1. The standard InChI is InChI=1S/C10H10N2O4S2/c13-5-3-4(17)8(14)11(5)1-2-12-9(15)6-7(18-6)10(12)16/h4,6-7,17H,1-3H2/p+1/t4-,6?,7?/m1/s1. The second-order valence-electron chi connectivity index (χ2n) is 4.47. The number of amides is 4. The Bertz CT molecular complexity index is 439. The Kier molecular flexibility index (Phi) is 2.67. The summed E-state index contributed by atoms with van der Waals surface area (Å²) in [4.78, 5) is 48.7. The fraction of sp³-hybridized carbons (Fsp3) is 0.600. The molecule has 3 fully saturated rings. The number of hydrogen-bond donors (Lipinski definition) is 1. The van der Waals surface area contributed by atoms with Crippen LogP contribution in [0.25, 0.3) is 0 Å². The molecule has 0 radical (unpaired) electrons. The van der Waals surface area contributed by atoms with Crippen molar-refractivity contribution in [1.82, 2.24) is 9.80 Å². The number of imide groups is 2. The average molecular weight is 287 g/mol. The van der Waals surface area contributed by atoms with Gasteiger partial charge in [0, 0.05) is 31.3 Å². The van der Waals surface area contributed by atoms with Gasteiger partial charge in [-0.25, -0.2) is 0 Å². The van der Waals surface area contributed by atoms with E-state index in [4.69, 9.17) is 0 Å². The van der Waals surface area contributed by atoms with E-state index in [9.17, 15) is 19.2 Å². The summed E-state index contributed by atoms with van der Waals surface area (Å²) in [6, 6.07) is 0. The Balaban J connectivity index is 1.62. The molecule has 4 amide bonds. The van der Waals surface area contributed by atoms with E-state index in [1.807, 2.05) is 0 Å². The molecule has 0 aliphatic carbocycles. The Morgan fingerprint density at radius 2 is 1.56 bits per heavy atom. The lowest BCUT2D eigenvalue weighted by Gasteiger charge is -2.19. The number of rotatable bonds is 3. The van der Waals surface area contributed by atoms with Crippen LogP contribution in [0.1, 0.15) is 6.42 Å². The minimum Gasteiger partial charge on any atom is -0.280 e. The number of hydrogen-bond acceptors (Lipinski definition) is 5. The van der Waals surface area contributed by atoms with Crippen LogP contribution in [0, 0.1) is 0 Å². The van der Waals surface area contributed by atoms with E-state index in [0.717, 1.165) is 21.6 Å². The van der Waals surface area contributed by atoms with Gasteiger partial charge in [-0.2, -0.15) is 12.6 Å². The summed E-state index contributed by atoms with van der Waals surface area (Å²) in [5.41, 5.74) is 0. The van der Waals surface area contributed by atoms with Gasteiger partial charge in [0.1, 0.15) is 0 Å². The number of carbonyl (C=O) groups excluding carboxylic acids is 4. The van der Waals surface area contributed by atoms with Crippen LogP contribution in [0.5, 0.6) is 0 Å². The van der Waals surface area contributed by atoms with Gasteiger partial charge in [-0.1, -0.05) is 0 Å². The molecule has 2 unspecified atom stereocenters. The quantitative estimate of drug-likeness (QED) is 0.281. The molecule has 0 bridgehead atoms. The molecule has 0 N–H and O–H groups in total. The van der Waals surface area contributed by atoms with Gasteiger partial charge >= 0.3 is 0 Å². The van der Waals surface area contributed by atoms with Gasteiger partial charge in [0.05, 0.1) is 5.25 Å². The minimum absolute atomic E-state index is 0.0858. The van der Waals surface area contributed by atoms with Crippen LogP contribution in [-0.2, 0) is 30.9 Å². The first kappa shape index (κ1) is 12.0. The molecule has 18 heavy (non-hydrogen) atoms. The van der Waals surface area contributed by atoms with E-state index in [2.05, 4.69) is 12.6 Å². The van der Waals surface area contributed by atoms with Gasteiger partial charge in [-0.3, -0.25) is 29.0 Å². The molecule has 0 aromatic carbocycles. The Labute approximate surface area is 112 Å². The van der Waals surface area contributed by atoms with Crippen LogP contribution in [-0.4, -0.2) is 62.3 Å². The average Bonchev–Trinajstić information content (AvgIpc) is 3.02. The van der Waals surface area contributed by atoms with E-state index >= 15 is 0 Å². The molecule has 8 heteroatoms. The van der Waals surface area contributed by atoms with Gasteiger partial charge in [0.15, 0.2) is 0 Å². The second-order valence-corrected chi connectivity index (χ2v) is 6.50. The highest BCUT2D eigenvalue weighted by atomic mass is 32.2. The molecular formula is C10H11N2O4S2+. The van der Waals surface area contributed by atoms with Gasteiger partial charge < -0.3 is 0 Å². The van der Waals surface area contributed by atoms with Crippen molar-refractivity contribution in [3.63, 3.8) is 0 Å².